The van der Waals surface area contributed by atoms with E-state index in [2.05, 4.69) is 5.32 Å². The summed E-state index contributed by atoms with van der Waals surface area (Å²) in [5.41, 5.74) is 0.479. The molecule has 2 rings (SSSR count). The minimum Gasteiger partial charge on any atom is -0.506 e. The fourth-order valence-corrected chi connectivity index (χ4v) is 2.59. The van der Waals surface area contributed by atoms with Gasteiger partial charge in [0.1, 0.15) is 5.75 Å². The van der Waals surface area contributed by atoms with Crippen LogP contribution >= 0.6 is 24.0 Å². The zero-order valence-corrected chi connectivity index (χ0v) is 12.7. The molecular weight excluding hydrogens is 328 g/mol. The second-order valence-electron chi connectivity index (χ2n) is 4.83. The maximum absolute atomic E-state index is 12.8. The quantitative estimate of drug-likeness (QED) is 0.882. The molecule has 1 heterocycles. The maximum Gasteiger partial charge on any atom is 0.390 e. The highest BCUT2D eigenvalue weighted by atomic mass is 35.5. The lowest BCUT2D eigenvalue weighted by Crippen LogP contribution is -2.46. The molecule has 2 N–H and O–H groups in total. The molecule has 21 heavy (non-hydrogen) atoms. The number of piperazine rings is 1. The van der Waals surface area contributed by atoms with E-state index in [1.807, 2.05) is 0 Å². The second-order valence-corrected chi connectivity index (χ2v) is 5.24. The number of benzene rings is 1. The number of rotatable bonds is 3. The van der Waals surface area contributed by atoms with Crippen molar-refractivity contribution in [3.8, 4) is 5.75 Å². The van der Waals surface area contributed by atoms with Gasteiger partial charge in [0.25, 0.3) is 0 Å². The summed E-state index contributed by atoms with van der Waals surface area (Å²) >= 11 is 5.81. The molecule has 0 spiro atoms. The molecule has 0 bridgehead atoms. The lowest BCUT2D eigenvalue weighted by Gasteiger charge is -2.35. The first-order valence-corrected chi connectivity index (χ1v) is 6.74. The van der Waals surface area contributed by atoms with Crippen molar-refractivity contribution in [3.05, 3.63) is 28.8 Å². The highest BCUT2D eigenvalue weighted by Gasteiger charge is 2.36. The number of nitrogens with zero attached hydrogens (tertiary/aromatic N) is 1. The van der Waals surface area contributed by atoms with Crippen molar-refractivity contribution in [1.29, 1.82) is 0 Å². The third-order valence-corrected chi connectivity index (χ3v) is 3.68. The Morgan fingerprint density at radius 2 is 1.90 bits per heavy atom. The first kappa shape index (κ1) is 18.4. The van der Waals surface area contributed by atoms with Gasteiger partial charge in [-0.25, -0.2) is 0 Å². The van der Waals surface area contributed by atoms with E-state index in [1.54, 1.807) is 4.90 Å². The van der Waals surface area contributed by atoms with Crippen LogP contribution in [0.2, 0.25) is 5.02 Å². The molecule has 1 atom stereocenters. The molecular formula is C13H17Cl2F3N2O. The van der Waals surface area contributed by atoms with Crippen molar-refractivity contribution in [2.45, 2.75) is 18.6 Å². The van der Waals surface area contributed by atoms with Gasteiger partial charge in [-0.1, -0.05) is 17.7 Å². The van der Waals surface area contributed by atoms with Crippen LogP contribution in [0.15, 0.2) is 18.2 Å². The fraction of sp³-hybridized carbons (Fsp3) is 0.538. The topological polar surface area (TPSA) is 35.5 Å². The first-order valence-electron chi connectivity index (χ1n) is 6.37. The third kappa shape index (κ3) is 5.21. The van der Waals surface area contributed by atoms with E-state index in [9.17, 15) is 18.3 Å². The van der Waals surface area contributed by atoms with Crippen molar-refractivity contribution in [3.63, 3.8) is 0 Å². The van der Waals surface area contributed by atoms with E-state index in [1.165, 1.54) is 18.2 Å². The molecule has 1 aliphatic rings. The van der Waals surface area contributed by atoms with Crippen LogP contribution in [0.4, 0.5) is 13.2 Å². The van der Waals surface area contributed by atoms with E-state index >= 15 is 0 Å². The van der Waals surface area contributed by atoms with E-state index in [4.69, 9.17) is 11.6 Å². The summed E-state index contributed by atoms with van der Waals surface area (Å²) in [6.07, 6.45) is -5.17. The van der Waals surface area contributed by atoms with Crippen LogP contribution in [-0.4, -0.2) is 42.4 Å². The van der Waals surface area contributed by atoms with Crippen molar-refractivity contribution in [1.82, 2.24) is 10.2 Å². The number of alkyl halides is 3. The maximum atomic E-state index is 12.8. The standard InChI is InChI=1S/C13H16ClF3N2O.ClH/c14-10-7-9(1-2-12(10)20)11(8-13(15,16)17)19-5-3-18-4-6-19;/h1-2,7,11,18,20H,3-6,8H2;1H/t11-;/m1./s1. The van der Waals surface area contributed by atoms with Gasteiger partial charge in [-0.2, -0.15) is 13.2 Å². The zero-order chi connectivity index (χ0) is 14.8. The predicted molar refractivity (Wildman–Crippen MR) is 78.2 cm³/mol. The van der Waals surface area contributed by atoms with Gasteiger partial charge in [-0.3, -0.25) is 4.90 Å². The van der Waals surface area contributed by atoms with Crippen molar-refractivity contribution >= 4 is 24.0 Å². The highest BCUT2D eigenvalue weighted by molar-refractivity contribution is 6.32. The monoisotopic (exact) mass is 344 g/mol. The summed E-state index contributed by atoms with van der Waals surface area (Å²) in [4.78, 5) is 1.80. The van der Waals surface area contributed by atoms with Gasteiger partial charge in [0, 0.05) is 32.2 Å². The Morgan fingerprint density at radius 3 is 2.43 bits per heavy atom. The van der Waals surface area contributed by atoms with Crippen molar-refractivity contribution in [2.75, 3.05) is 26.2 Å². The Morgan fingerprint density at radius 1 is 1.29 bits per heavy atom. The van der Waals surface area contributed by atoms with E-state index in [0.29, 0.717) is 31.7 Å². The number of aromatic hydroxyl groups is 1. The van der Waals surface area contributed by atoms with Gasteiger partial charge in [0.15, 0.2) is 0 Å². The van der Waals surface area contributed by atoms with Crippen LogP contribution in [0, 0.1) is 0 Å². The molecule has 8 heteroatoms. The molecule has 120 valence electrons. The van der Waals surface area contributed by atoms with Crippen LogP contribution in [0.25, 0.3) is 0 Å². The lowest BCUT2D eigenvalue weighted by molar-refractivity contribution is -0.148. The SMILES string of the molecule is Cl.Oc1ccc([C@@H](CC(F)(F)F)N2CCNCC2)cc1Cl. The lowest BCUT2D eigenvalue weighted by atomic mass is 10.0. The summed E-state index contributed by atoms with van der Waals surface area (Å²) in [5.74, 6) is -0.124. The molecule has 1 saturated heterocycles. The average molecular weight is 345 g/mol. The van der Waals surface area contributed by atoms with Crippen molar-refractivity contribution in [2.24, 2.45) is 0 Å². The molecule has 1 aromatic rings. The molecule has 0 unspecified atom stereocenters. The fourth-order valence-electron chi connectivity index (χ4n) is 2.40. The minimum atomic E-state index is -4.25. The number of hydrogen-bond donors (Lipinski definition) is 2. The summed E-state index contributed by atoms with van der Waals surface area (Å²) in [6.45, 7) is 2.44. The molecule has 3 nitrogen and oxygen atoms in total. The van der Waals surface area contributed by atoms with Gasteiger partial charge in [-0.15, -0.1) is 12.4 Å². The number of phenols is 1. The van der Waals surface area contributed by atoms with Crippen LogP contribution in [0.1, 0.15) is 18.0 Å². The summed E-state index contributed by atoms with van der Waals surface area (Å²) in [6, 6.07) is 3.48. The van der Waals surface area contributed by atoms with E-state index < -0.39 is 18.6 Å². The average Bonchev–Trinajstić information content (AvgIpc) is 2.39. The molecule has 0 aromatic heterocycles. The van der Waals surface area contributed by atoms with Gasteiger partial charge in [-0.05, 0) is 17.7 Å². The first-order chi connectivity index (χ1) is 9.37. The third-order valence-electron chi connectivity index (χ3n) is 3.37. The van der Waals surface area contributed by atoms with Gasteiger partial charge >= 0.3 is 6.18 Å². The van der Waals surface area contributed by atoms with Crippen LogP contribution in [0.5, 0.6) is 5.75 Å². The van der Waals surface area contributed by atoms with Gasteiger partial charge in [0.05, 0.1) is 11.4 Å². The number of hydrogen-bond acceptors (Lipinski definition) is 3. The minimum absolute atomic E-state index is 0. The van der Waals surface area contributed by atoms with Crippen LogP contribution < -0.4 is 5.32 Å². The largest absolute Gasteiger partial charge is 0.506 e. The predicted octanol–water partition coefficient (Wildman–Crippen LogP) is 3.37. The van der Waals surface area contributed by atoms with Gasteiger partial charge < -0.3 is 10.4 Å². The Hall–Kier alpha value is -0.690. The molecule has 0 radical (unpaired) electrons. The van der Waals surface area contributed by atoms with Gasteiger partial charge in [0.2, 0.25) is 0 Å². The van der Waals surface area contributed by atoms with Crippen LogP contribution in [-0.2, 0) is 0 Å². The Bertz CT molecular complexity index is 465. The van der Waals surface area contributed by atoms with Crippen LogP contribution in [0.3, 0.4) is 0 Å². The molecule has 0 aliphatic carbocycles. The number of halogens is 5. The molecule has 0 amide bonds. The molecule has 1 aromatic carbocycles. The molecule has 1 aliphatic heterocycles. The Labute approximate surface area is 132 Å². The number of nitrogens with one attached hydrogen (secondary N) is 1. The number of phenolic OH excluding ortho intramolecular Hbond substituents is 1. The summed E-state index contributed by atoms with van der Waals surface area (Å²) < 4.78 is 38.4. The van der Waals surface area contributed by atoms with Crippen molar-refractivity contribution < 1.29 is 18.3 Å². The normalized spacial score (nSPS) is 18.1. The highest BCUT2D eigenvalue weighted by Crippen LogP contribution is 2.36. The summed E-state index contributed by atoms with van der Waals surface area (Å²) in [7, 11) is 0. The van der Waals surface area contributed by atoms with E-state index in [-0.39, 0.29) is 23.2 Å². The second kappa shape index (κ2) is 7.54. The molecule has 0 saturated carbocycles. The van der Waals surface area contributed by atoms with E-state index in [0.717, 1.165) is 0 Å². The Kier molecular flexibility index (Phi) is 6.59. The summed E-state index contributed by atoms with van der Waals surface area (Å²) in [5, 5.41) is 12.6. The Balaban J connectivity index is 0.00000220. The smallest absolute Gasteiger partial charge is 0.390 e. The zero-order valence-electron chi connectivity index (χ0n) is 11.2. The molecule has 1 fully saturated rings.